The first-order valence-electron chi connectivity index (χ1n) is 3.18. The van der Waals surface area contributed by atoms with Crippen LogP contribution in [0.15, 0.2) is 0 Å². The Bertz CT molecular complexity index is 157. The average molecular weight is 161 g/mol. The van der Waals surface area contributed by atoms with Crippen molar-refractivity contribution in [3.63, 3.8) is 0 Å². The van der Waals surface area contributed by atoms with Crippen LogP contribution < -0.4 is 5.32 Å². The van der Waals surface area contributed by atoms with Crippen molar-refractivity contribution in [2.75, 3.05) is 6.61 Å². The Morgan fingerprint density at radius 3 is 2.45 bits per heavy atom. The van der Waals surface area contributed by atoms with Gasteiger partial charge in [-0.15, -0.1) is 0 Å². The van der Waals surface area contributed by atoms with Gasteiger partial charge in [0.05, 0.1) is 6.61 Å². The third kappa shape index (κ3) is 5.35. The predicted molar refractivity (Wildman–Crippen MR) is 36.9 cm³/mol. The summed E-state index contributed by atoms with van der Waals surface area (Å²) < 4.78 is 0. The monoisotopic (exact) mass is 161 g/mol. The van der Waals surface area contributed by atoms with Crippen molar-refractivity contribution in [2.45, 2.75) is 19.4 Å². The van der Waals surface area contributed by atoms with Crippen molar-refractivity contribution < 1.29 is 19.8 Å². The molecule has 0 aromatic carbocycles. The molecule has 0 radical (unpaired) electrons. The standard InChI is InChI=1S/C6H11NO4/c1-4(3-8)7-5(9)2-6(10)11/h4,8H,2-3H2,1H3,(H,7,9)(H,10,11). The molecular formula is C6H11NO4. The normalized spacial score (nSPS) is 12.2. The number of aliphatic hydroxyl groups excluding tert-OH is 1. The van der Waals surface area contributed by atoms with Crippen molar-refractivity contribution in [1.29, 1.82) is 0 Å². The first kappa shape index (κ1) is 9.90. The summed E-state index contributed by atoms with van der Waals surface area (Å²) in [6.07, 6.45) is -0.551. The van der Waals surface area contributed by atoms with Gasteiger partial charge in [0.25, 0.3) is 0 Å². The molecule has 11 heavy (non-hydrogen) atoms. The first-order chi connectivity index (χ1) is 5.06. The van der Waals surface area contributed by atoms with E-state index in [-0.39, 0.29) is 12.6 Å². The number of rotatable bonds is 4. The van der Waals surface area contributed by atoms with E-state index in [1.165, 1.54) is 0 Å². The van der Waals surface area contributed by atoms with Crippen LogP contribution in [-0.2, 0) is 9.59 Å². The molecule has 64 valence electrons. The fourth-order valence-electron chi connectivity index (χ4n) is 0.509. The summed E-state index contributed by atoms with van der Waals surface area (Å²) >= 11 is 0. The highest BCUT2D eigenvalue weighted by molar-refractivity contribution is 5.93. The maximum atomic E-state index is 10.6. The maximum Gasteiger partial charge on any atom is 0.312 e. The van der Waals surface area contributed by atoms with Gasteiger partial charge in [0.15, 0.2) is 0 Å². The zero-order valence-corrected chi connectivity index (χ0v) is 6.20. The number of carboxylic acid groups (broad SMARTS) is 1. The summed E-state index contributed by atoms with van der Waals surface area (Å²) in [5.74, 6) is -1.76. The van der Waals surface area contributed by atoms with E-state index in [4.69, 9.17) is 10.2 Å². The molecule has 1 unspecified atom stereocenters. The highest BCUT2D eigenvalue weighted by Crippen LogP contribution is 1.83. The first-order valence-corrected chi connectivity index (χ1v) is 3.18. The van der Waals surface area contributed by atoms with Gasteiger partial charge in [0.1, 0.15) is 6.42 Å². The topological polar surface area (TPSA) is 86.6 Å². The van der Waals surface area contributed by atoms with Gasteiger partial charge in [-0.05, 0) is 6.92 Å². The van der Waals surface area contributed by atoms with E-state index >= 15 is 0 Å². The van der Waals surface area contributed by atoms with Crippen LogP contribution in [0.4, 0.5) is 0 Å². The summed E-state index contributed by atoms with van der Waals surface area (Å²) in [5.41, 5.74) is 0. The molecule has 0 bridgehead atoms. The maximum absolute atomic E-state index is 10.6. The third-order valence-electron chi connectivity index (χ3n) is 0.993. The van der Waals surface area contributed by atoms with Crippen LogP contribution in [0, 0.1) is 0 Å². The van der Waals surface area contributed by atoms with Gasteiger partial charge in [-0.25, -0.2) is 0 Å². The number of aliphatic carboxylic acids is 1. The Morgan fingerprint density at radius 1 is 1.55 bits per heavy atom. The van der Waals surface area contributed by atoms with E-state index in [1.807, 2.05) is 0 Å². The fourth-order valence-corrected chi connectivity index (χ4v) is 0.509. The smallest absolute Gasteiger partial charge is 0.312 e. The second kappa shape index (κ2) is 4.68. The lowest BCUT2D eigenvalue weighted by atomic mass is 10.3. The highest BCUT2D eigenvalue weighted by Gasteiger charge is 2.09. The number of carbonyl (C=O) groups is 2. The molecule has 0 aliphatic heterocycles. The second-order valence-corrected chi connectivity index (χ2v) is 2.22. The number of nitrogens with one attached hydrogen (secondary N) is 1. The second-order valence-electron chi connectivity index (χ2n) is 2.22. The SMILES string of the molecule is CC(CO)NC(=O)CC(=O)O. The molecule has 0 saturated carbocycles. The number of hydrogen-bond acceptors (Lipinski definition) is 3. The van der Waals surface area contributed by atoms with Crippen LogP contribution in [-0.4, -0.2) is 34.7 Å². The highest BCUT2D eigenvalue weighted by atomic mass is 16.4. The number of amides is 1. The van der Waals surface area contributed by atoms with E-state index in [9.17, 15) is 9.59 Å². The van der Waals surface area contributed by atoms with Gasteiger partial charge in [-0.3, -0.25) is 9.59 Å². The van der Waals surface area contributed by atoms with Gasteiger partial charge in [0, 0.05) is 6.04 Å². The lowest BCUT2D eigenvalue weighted by molar-refractivity contribution is -0.140. The summed E-state index contributed by atoms with van der Waals surface area (Å²) in [4.78, 5) is 20.6. The van der Waals surface area contributed by atoms with Gasteiger partial charge in [0.2, 0.25) is 5.91 Å². The Morgan fingerprint density at radius 2 is 2.09 bits per heavy atom. The molecule has 0 fully saturated rings. The van der Waals surface area contributed by atoms with Crippen molar-refractivity contribution in [3.8, 4) is 0 Å². The van der Waals surface area contributed by atoms with Crippen LogP contribution in [0.1, 0.15) is 13.3 Å². The van der Waals surface area contributed by atoms with Crippen molar-refractivity contribution in [1.82, 2.24) is 5.32 Å². The summed E-state index contributed by atoms with van der Waals surface area (Å²) in [5, 5.41) is 18.9. The molecule has 0 aromatic heterocycles. The molecule has 0 aromatic rings. The summed E-state index contributed by atoms with van der Waals surface area (Å²) in [6.45, 7) is 1.39. The molecule has 3 N–H and O–H groups in total. The molecule has 0 saturated heterocycles. The molecule has 0 rings (SSSR count). The molecule has 0 aliphatic carbocycles. The molecule has 0 spiro atoms. The van der Waals surface area contributed by atoms with Gasteiger partial charge in [-0.2, -0.15) is 0 Å². The van der Waals surface area contributed by atoms with Crippen molar-refractivity contribution >= 4 is 11.9 Å². The van der Waals surface area contributed by atoms with Crippen LogP contribution >= 0.6 is 0 Å². The lowest BCUT2D eigenvalue weighted by Gasteiger charge is -2.08. The zero-order chi connectivity index (χ0) is 8.85. The van der Waals surface area contributed by atoms with Crippen LogP contribution in [0.5, 0.6) is 0 Å². The Balaban J connectivity index is 3.60. The van der Waals surface area contributed by atoms with Crippen LogP contribution in [0.3, 0.4) is 0 Å². The van der Waals surface area contributed by atoms with Crippen LogP contribution in [0.2, 0.25) is 0 Å². The largest absolute Gasteiger partial charge is 0.481 e. The number of carbonyl (C=O) groups excluding carboxylic acids is 1. The zero-order valence-electron chi connectivity index (χ0n) is 6.20. The van der Waals surface area contributed by atoms with Crippen molar-refractivity contribution in [3.05, 3.63) is 0 Å². The lowest BCUT2D eigenvalue weighted by Crippen LogP contribution is -2.35. The Hall–Kier alpha value is -1.10. The molecular weight excluding hydrogens is 150 g/mol. The predicted octanol–water partition coefficient (Wildman–Crippen LogP) is -1.04. The Labute approximate surface area is 64.0 Å². The number of carboxylic acids is 1. The van der Waals surface area contributed by atoms with E-state index in [0.29, 0.717) is 0 Å². The summed E-state index contributed by atoms with van der Waals surface area (Å²) in [7, 11) is 0. The van der Waals surface area contributed by atoms with Crippen LogP contribution in [0.25, 0.3) is 0 Å². The minimum Gasteiger partial charge on any atom is -0.481 e. The summed E-state index contributed by atoms with van der Waals surface area (Å²) in [6, 6.07) is -0.387. The quantitative estimate of drug-likeness (QED) is 0.459. The van der Waals surface area contributed by atoms with Crippen molar-refractivity contribution in [2.24, 2.45) is 0 Å². The van der Waals surface area contributed by atoms with E-state index < -0.39 is 18.3 Å². The van der Waals surface area contributed by atoms with Gasteiger partial charge >= 0.3 is 5.97 Å². The Kier molecular flexibility index (Phi) is 4.21. The molecule has 5 nitrogen and oxygen atoms in total. The van der Waals surface area contributed by atoms with Gasteiger partial charge in [-0.1, -0.05) is 0 Å². The minimum absolute atomic E-state index is 0.189. The van der Waals surface area contributed by atoms with E-state index in [0.717, 1.165) is 0 Å². The molecule has 1 atom stereocenters. The third-order valence-corrected chi connectivity index (χ3v) is 0.993. The average Bonchev–Trinajstić information content (AvgIpc) is 1.85. The number of aliphatic hydroxyl groups is 1. The van der Waals surface area contributed by atoms with E-state index in [2.05, 4.69) is 5.32 Å². The fraction of sp³-hybridized carbons (Fsp3) is 0.667. The molecule has 1 amide bonds. The minimum atomic E-state index is -1.17. The van der Waals surface area contributed by atoms with Gasteiger partial charge < -0.3 is 15.5 Å². The molecule has 5 heteroatoms. The number of hydrogen-bond donors (Lipinski definition) is 3. The molecule has 0 heterocycles. The molecule has 0 aliphatic rings. The van der Waals surface area contributed by atoms with E-state index in [1.54, 1.807) is 6.92 Å².